The Morgan fingerprint density at radius 3 is 2.20 bits per heavy atom. The minimum atomic E-state index is -5.08. The molecule has 224 valence electrons. The van der Waals surface area contributed by atoms with Crippen LogP contribution in [0.2, 0.25) is 0 Å². The first-order valence-corrected chi connectivity index (χ1v) is 13.9. The molecule has 41 heavy (non-hydrogen) atoms. The maximum Gasteiger partial charge on any atom is 0.490 e. The Morgan fingerprint density at radius 1 is 0.976 bits per heavy atom. The molecule has 0 spiro atoms. The van der Waals surface area contributed by atoms with E-state index >= 15 is 0 Å². The van der Waals surface area contributed by atoms with Crippen molar-refractivity contribution >= 4 is 11.9 Å². The van der Waals surface area contributed by atoms with Crippen LogP contribution in [0.1, 0.15) is 67.6 Å². The summed E-state index contributed by atoms with van der Waals surface area (Å²) in [6.07, 6.45) is -0.0926. The quantitative estimate of drug-likeness (QED) is 0.362. The number of carboxylic acid groups (broad SMARTS) is 2. The molecule has 2 heterocycles. The van der Waals surface area contributed by atoms with Gasteiger partial charge in [-0.2, -0.15) is 13.2 Å². The van der Waals surface area contributed by atoms with Crippen molar-refractivity contribution in [3.63, 3.8) is 0 Å². The highest BCUT2D eigenvalue weighted by molar-refractivity contribution is 5.73. The second kappa shape index (κ2) is 13.5. The zero-order valence-electron chi connectivity index (χ0n) is 23.0. The fourth-order valence-electron chi connectivity index (χ4n) is 5.26. The van der Waals surface area contributed by atoms with Gasteiger partial charge in [0.05, 0.1) is 26.2 Å². The number of hydrogen-bond acceptors (Lipinski definition) is 6. The molecule has 2 N–H and O–H groups in total. The van der Waals surface area contributed by atoms with Gasteiger partial charge in [0.1, 0.15) is 17.2 Å². The summed E-state index contributed by atoms with van der Waals surface area (Å²) in [7, 11) is 0. The number of piperidine rings is 1. The summed E-state index contributed by atoms with van der Waals surface area (Å²) in [5.74, 6) is 0.221. The monoisotopic (exact) mass is 579 g/mol. The Balaban J connectivity index is 0.000000493. The lowest BCUT2D eigenvalue weighted by Gasteiger charge is -2.32. The molecule has 1 unspecified atom stereocenters. The van der Waals surface area contributed by atoms with Crippen molar-refractivity contribution in [2.24, 2.45) is 5.92 Å². The van der Waals surface area contributed by atoms with Gasteiger partial charge >= 0.3 is 18.1 Å². The van der Waals surface area contributed by atoms with Crippen LogP contribution in [-0.4, -0.2) is 66.1 Å². The lowest BCUT2D eigenvalue weighted by molar-refractivity contribution is -0.192. The van der Waals surface area contributed by atoms with E-state index in [4.69, 9.17) is 29.2 Å². The first-order chi connectivity index (χ1) is 19.5. The third-order valence-electron chi connectivity index (χ3n) is 7.56. The molecule has 0 radical (unpaired) electrons. The van der Waals surface area contributed by atoms with Gasteiger partial charge in [0.25, 0.3) is 0 Å². The molecular formula is C30H36F3NO7. The van der Waals surface area contributed by atoms with Crippen LogP contribution in [0.15, 0.2) is 36.4 Å². The predicted octanol–water partition coefficient (Wildman–Crippen LogP) is 5.84. The molecule has 1 saturated carbocycles. The normalized spacial score (nSPS) is 19.0. The molecule has 3 aliphatic rings. The topological polar surface area (TPSA) is 106 Å². The van der Waals surface area contributed by atoms with Crippen molar-refractivity contribution in [2.45, 2.75) is 63.6 Å². The van der Waals surface area contributed by atoms with Crippen molar-refractivity contribution in [2.75, 3.05) is 32.9 Å². The SMILES string of the molecule is CCOc1ccc(C2CC2)c(CN2CCC(COc3ccc4c(c3)OCC4CC(=O)O)CC2)c1.O=C(O)C(F)(F)F. The fourth-order valence-corrected chi connectivity index (χ4v) is 5.26. The van der Waals surface area contributed by atoms with Crippen molar-refractivity contribution in [1.29, 1.82) is 0 Å². The van der Waals surface area contributed by atoms with Crippen molar-refractivity contribution in [3.8, 4) is 17.2 Å². The van der Waals surface area contributed by atoms with E-state index in [2.05, 4.69) is 23.1 Å². The maximum absolute atomic E-state index is 11.0. The number of fused-ring (bicyclic) bond motifs is 1. The molecule has 0 amide bonds. The number of halogens is 3. The van der Waals surface area contributed by atoms with E-state index in [0.717, 1.165) is 61.2 Å². The van der Waals surface area contributed by atoms with Gasteiger partial charge < -0.3 is 24.4 Å². The average molecular weight is 580 g/mol. The third kappa shape index (κ3) is 8.76. The summed E-state index contributed by atoms with van der Waals surface area (Å²) in [6.45, 7) is 7.04. The lowest BCUT2D eigenvalue weighted by atomic mass is 9.96. The molecule has 2 fully saturated rings. The molecule has 1 saturated heterocycles. The zero-order chi connectivity index (χ0) is 29.6. The Labute approximate surface area is 237 Å². The molecular weight excluding hydrogens is 543 g/mol. The zero-order valence-corrected chi connectivity index (χ0v) is 23.0. The maximum atomic E-state index is 11.0. The van der Waals surface area contributed by atoms with Crippen molar-refractivity contribution in [1.82, 2.24) is 4.90 Å². The molecule has 5 rings (SSSR count). The second-order valence-electron chi connectivity index (χ2n) is 10.7. The number of alkyl halides is 3. The smallest absolute Gasteiger partial charge is 0.490 e. The standard InChI is InChI=1S/C28H35NO5.C2HF3O2/c1-2-32-23-5-7-25(20-3-4-20)21(13-23)16-29-11-9-19(10-12-29)17-33-24-6-8-26-22(14-28(30)31)18-34-27(26)15-24;3-2(4,5)1(6)7/h5-8,13,15,19-20,22H,2-4,9-12,14,16-18H2,1H3,(H,30,31);(H,6,7). The number of hydrogen-bond donors (Lipinski definition) is 2. The van der Waals surface area contributed by atoms with E-state index in [0.29, 0.717) is 25.7 Å². The number of ether oxygens (including phenoxy) is 3. The number of likely N-dealkylation sites (tertiary alicyclic amines) is 1. The van der Waals surface area contributed by atoms with Crippen LogP contribution in [0.25, 0.3) is 0 Å². The van der Waals surface area contributed by atoms with E-state index in [1.165, 1.54) is 24.0 Å². The second-order valence-corrected chi connectivity index (χ2v) is 10.7. The van der Waals surface area contributed by atoms with Crippen LogP contribution in [0.5, 0.6) is 17.2 Å². The number of carboxylic acids is 2. The molecule has 0 bridgehead atoms. The third-order valence-corrected chi connectivity index (χ3v) is 7.56. The van der Waals surface area contributed by atoms with Crippen LogP contribution in [-0.2, 0) is 16.1 Å². The number of carbonyl (C=O) groups is 2. The van der Waals surface area contributed by atoms with Crippen molar-refractivity contribution in [3.05, 3.63) is 53.1 Å². The summed E-state index contributed by atoms with van der Waals surface area (Å²) in [5, 5.41) is 16.2. The van der Waals surface area contributed by atoms with Gasteiger partial charge in [-0.3, -0.25) is 9.69 Å². The summed E-state index contributed by atoms with van der Waals surface area (Å²) in [6, 6.07) is 12.5. The Morgan fingerprint density at radius 2 is 1.61 bits per heavy atom. The molecule has 11 heteroatoms. The van der Waals surface area contributed by atoms with Crippen LogP contribution < -0.4 is 14.2 Å². The minimum absolute atomic E-state index is 0.0689. The average Bonchev–Trinajstić information content (AvgIpc) is 3.69. The molecule has 2 aromatic rings. The van der Waals surface area contributed by atoms with E-state index < -0.39 is 18.1 Å². The highest BCUT2D eigenvalue weighted by Gasteiger charge is 2.38. The number of rotatable bonds is 10. The molecule has 8 nitrogen and oxygen atoms in total. The van der Waals surface area contributed by atoms with Gasteiger partial charge in [0.2, 0.25) is 0 Å². The fraction of sp³-hybridized carbons (Fsp3) is 0.533. The first kappa shape index (κ1) is 30.5. The predicted molar refractivity (Wildman–Crippen MR) is 144 cm³/mol. The molecule has 2 aliphatic heterocycles. The molecule has 0 aromatic heterocycles. The van der Waals surface area contributed by atoms with Crippen molar-refractivity contribution < 1.29 is 47.2 Å². The van der Waals surface area contributed by atoms with E-state index in [9.17, 15) is 18.0 Å². The van der Waals surface area contributed by atoms with Gasteiger partial charge in [-0.15, -0.1) is 0 Å². The Kier molecular flexibility index (Phi) is 10.0. The number of benzene rings is 2. The number of nitrogens with zero attached hydrogens (tertiary/aromatic N) is 1. The summed E-state index contributed by atoms with van der Waals surface area (Å²) >= 11 is 0. The van der Waals surface area contributed by atoms with Crippen LogP contribution in [0.3, 0.4) is 0 Å². The van der Waals surface area contributed by atoms with Gasteiger partial charge in [0.15, 0.2) is 0 Å². The molecule has 2 aromatic carbocycles. The Bertz CT molecular complexity index is 1210. The summed E-state index contributed by atoms with van der Waals surface area (Å²) < 4.78 is 49.3. The van der Waals surface area contributed by atoms with E-state index in [1.54, 1.807) is 0 Å². The first-order valence-electron chi connectivity index (χ1n) is 13.9. The highest BCUT2D eigenvalue weighted by Crippen LogP contribution is 2.43. The largest absolute Gasteiger partial charge is 0.494 e. The Hall–Kier alpha value is -3.47. The van der Waals surface area contributed by atoms with Gasteiger partial charge in [-0.1, -0.05) is 12.1 Å². The van der Waals surface area contributed by atoms with E-state index in [1.807, 2.05) is 25.1 Å². The van der Waals surface area contributed by atoms with Gasteiger partial charge in [-0.25, -0.2) is 4.79 Å². The van der Waals surface area contributed by atoms with Crippen LogP contribution in [0.4, 0.5) is 13.2 Å². The van der Waals surface area contributed by atoms with E-state index in [-0.39, 0.29) is 12.3 Å². The number of aliphatic carboxylic acids is 2. The van der Waals surface area contributed by atoms with Crippen LogP contribution in [0, 0.1) is 5.92 Å². The minimum Gasteiger partial charge on any atom is -0.494 e. The van der Waals surface area contributed by atoms with Gasteiger partial charge in [0, 0.05) is 24.1 Å². The lowest BCUT2D eigenvalue weighted by Crippen LogP contribution is -2.35. The molecule has 1 atom stereocenters. The van der Waals surface area contributed by atoms with Crippen LogP contribution >= 0.6 is 0 Å². The van der Waals surface area contributed by atoms with Gasteiger partial charge in [-0.05, 0) is 86.9 Å². The highest BCUT2D eigenvalue weighted by atomic mass is 19.4. The summed E-state index contributed by atoms with van der Waals surface area (Å²) in [4.78, 5) is 22.5. The molecule has 1 aliphatic carbocycles. The summed E-state index contributed by atoms with van der Waals surface area (Å²) in [5.41, 5.74) is 3.92.